The van der Waals surface area contributed by atoms with Crippen LogP contribution in [-0.4, -0.2) is 50.9 Å². The number of hydrogen-bond donors (Lipinski definition) is 0. The predicted molar refractivity (Wildman–Crippen MR) is 104 cm³/mol. The molecule has 0 aliphatic carbocycles. The van der Waals surface area contributed by atoms with Gasteiger partial charge in [0.15, 0.2) is 5.65 Å². The normalized spacial score (nSPS) is 14.8. The molecule has 0 saturated carbocycles. The highest BCUT2D eigenvalue weighted by Gasteiger charge is 2.20. The van der Waals surface area contributed by atoms with Crippen molar-refractivity contribution in [1.82, 2.24) is 24.7 Å². The van der Waals surface area contributed by atoms with Crippen LogP contribution in [0, 0.1) is 0 Å². The Morgan fingerprint density at radius 3 is 2.50 bits per heavy atom. The zero-order valence-electron chi connectivity index (χ0n) is 14.1. The Bertz CT molecular complexity index is 926. The van der Waals surface area contributed by atoms with Gasteiger partial charge in [0.05, 0.1) is 0 Å². The first-order valence-corrected chi connectivity index (χ1v) is 9.15. The van der Waals surface area contributed by atoms with E-state index < -0.39 is 0 Å². The van der Waals surface area contributed by atoms with Crippen molar-refractivity contribution in [2.75, 3.05) is 31.1 Å². The molecule has 4 rings (SSSR count). The van der Waals surface area contributed by atoms with Crippen molar-refractivity contribution in [3.8, 4) is 0 Å². The monoisotopic (exact) mass is 388 g/mol. The summed E-state index contributed by atoms with van der Waals surface area (Å²) in [5.74, 6) is 0.928. The minimum Gasteiger partial charge on any atom is -0.371 e. The van der Waals surface area contributed by atoms with Crippen LogP contribution in [0.4, 0.5) is 5.82 Å². The first kappa shape index (κ1) is 17.1. The van der Waals surface area contributed by atoms with E-state index in [2.05, 4.69) is 31.7 Å². The maximum atomic E-state index is 6.28. The molecule has 0 bridgehead atoms. The van der Waals surface area contributed by atoms with Gasteiger partial charge in [-0.05, 0) is 29.8 Å². The van der Waals surface area contributed by atoms with Gasteiger partial charge in [-0.2, -0.15) is 4.52 Å². The SMILES string of the molecule is C=C(Cc1c(Cl)cccc1Cl)N1CCN(c2ccc3nncn3n2)CC1. The van der Waals surface area contributed by atoms with E-state index in [1.165, 1.54) is 0 Å². The van der Waals surface area contributed by atoms with Crippen LogP contribution in [0.3, 0.4) is 0 Å². The molecule has 134 valence electrons. The van der Waals surface area contributed by atoms with Crippen molar-refractivity contribution in [3.05, 3.63) is 64.5 Å². The van der Waals surface area contributed by atoms with Crippen LogP contribution in [0.2, 0.25) is 10.0 Å². The molecule has 3 aromatic rings. The summed E-state index contributed by atoms with van der Waals surface area (Å²) in [6, 6.07) is 9.49. The van der Waals surface area contributed by atoms with Crippen LogP contribution in [0.25, 0.3) is 5.65 Å². The van der Waals surface area contributed by atoms with Crippen molar-refractivity contribution in [2.24, 2.45) is 0 Å². The third-order valence-electron chi connectivity index (χ3n) is 4.64. The van der Waals surface area contributed by atoms with E-state index in [4.69, 9.17) is 23.2 Å². The molecule has 1 fully saturated rings. The Hall–Kier alpha value is -2.31. The van der Waals surface area contributed by atoms with Gasteiger partial charge in [0.2, 0.25) is 0 Å². The lowest BCUT2D eigenvalue weighted by Crippen LogP contribution is -2.46. The van der Waals surface area contributed by atoms with Crippen molar-refractivity contribution >= 4 is 34.7 Å². The number of piperazine rings is 1. The maximum Gasteiger partial charge on any atom is 0.177 e. The van der Waals surface area contributed by atoms with Gasteiger partial charge in [0.1, 0.15) is 12.1 Å². The minimum absolute atomic E-state index is 0.656. The van der Waals surface area contributed by atoms with Crippen LogP contribution >= 0.6 is 23.2 Å². The zero-order chi connectivity index (χ0) is 18.1. The highest BCUT2D eigenvalue weighted by Crippen LogP contribution is 2.27. The van der Waals surface area contributed by atoms with Gasteiger partial charge in [0, 0.05) is 48.3 Å². The average molecular weight is 389 g/mol. The topological polar surface area (TPSA) is 49.6 Å². The molecular weight excluding hydrogens is 371 g/mol. The Morgan fingerprint density at radius 2 is 1.77 bits per heavy atom. The first-order valence-electron chi connectivity index (χ1n) is 8.39. The van der Waals surface area contributed by atoms with Crippen molar-refractivity contribution in [2.45, 2.75) is 6.42 Å². The number of rotatable bonds is 4. The Balaban J connectivity index is 1.40. The number of benzene rings is 1. The first-order chi connectivity index (χ1) is 12.6. The summed E-state index contributed by atoms with van der Waals surface area (Å²) in [4.78, 5) is 4.54. The number of nitrogens with zero attached hydrogens (tertiary/aromatic N) is 6. The second kappa shape index (κ2) is 7.13. The van der Waals surface area contributed by atoms with Gasteiger partial charge in [0.25, 0.3) is 0 Å². The van der Waals surface area contributed by atoms with E-state index in [1.54, 1.807) is 10.8 Å². The third kappa shape index (κ3) is 3.34. The van der Waals surface area contributed by atoms with Gasteiger partial charge < -0.3 is 9.80 Å². The van der Waals surface area contributed by atoms with Crippen LogP contribution in [-0.2, 0) is 6.42 Å². The lowest BCUT2D eigenvalue weighted by Gasteiger charge is -2.37. The number of aromatic nitrogens is 4. The number of anilines is 1. The number of allylic oxidation sites excluding steroid dienone is 1. The molecule has 0 radical (unpaired) electrons. The van der Waals surface area contributed by atoms with Crippen molar-refractivity contribution < 1.29 is 0 Å². The summed E-state index contributed by atoms with van der Waals surface area (Å²) in [6.07, 6.45) is 2.27. The zero-order valence-corrected chi connectivity index (χ0v) is 15.7. The second-order valence-electron chi connectivity index (χ2n) is 6.24. The molecule has 26 heavy (non-hydrogen) atoms. The maximum absolute atomic E-state index is 6.28. The Kier molecular flexibility index (Phi) is 4.70. The van der Waals surface area contributed by atoms with E-state index in [9.17, 15) is 0 Å². The number of halogens is 2. The summed E-state index contributed by atoms with van der Waals surface area (Å²) in [7, 11) is 0. The van der Waals surface area contributed by atoms with Gasteiger partial charge in [-0.3, -0.25) is 0 Å². The van der Waals surface area contributed by atoms with Gasteiger partial charge >= 0.3 is 0 Å². The average Bonchev–Trinajstić information content (AvgIpc) is 3.12. The van der Waals surface area contributed by atoms with Crippen LogP contribution < -0.4 is 4.90 Å². The molecule has 0 N–H and O–H groups in total. The molecule has 0 unspecified atom stereocenters. The van der Waals surface area contributed by atoms with Crippen molar-refractivity contribution in [3.63, 3.8) is 0 Å². The number of fused-ring (bicyclic) bond motifs is 1. The molecule has 0 atom stereocenters. The van der Waals surface area contributed by atoms with Gasteiger partial charge in [-0.25, -0.2) is 0 Å². The molecule has 1 aromatic carbocycles. The molecule has 1 aliphatic rings. The third-order valence-corrected chi connectivity index (χ3v) is 5.35. The van der Waals surface area contributed by atoms with E-state index in [-0.39, 0.29) is 0 Å². The minimum atomic E-state index is 0.656. The second-order valence-corrected chi connectivity index (χ2v) is 7.06. The molecule has 0 spiro atoms. The molecule has 1 saturated heterocycles. The molecule has 3 heterocycles. The Morgan fingerprint density at radius 1 is 1.04 bits per heavy atom. The smallest absolute Gasteiger partial charge is 0.177 e. The fraction of sp³-hybridized carbons (Fsp3) is 0.278. The van der Waals surface area contributed by atoms with E-state index in [1.807, 2.05) is 30.3 Å². The highest BCUT2D eigenvalue weighted by atomic mass is 35.5. The van der Waals surface area contributed by atoms with Crippen LogP contribution in [0.5, 0.6) is 0 Å². The summed E-state index contributed by atoms with van der Waals surface area (Å²) in [5.41, 5.74) is 2.71. The van der Waals surface area contributed by atoms with E-state index in [0.29, 0.717) is 16.5 Å². The van der Waals surface area contributed by atoms with Crippen molar-refractivity contribution in [1.29, 1.82) is 0 Å². The predicted octanol–water partition coefficient (Wildman–Crippen LogP) is 3.31. The largest absolute Gasteiger partial charge is 0.371 e. The summed E-state index contributed by atoms with van der Waals surface area (Å²) >= 11 is 12.6. The van der Waals surface area contributed by atoms with Gasteiger partial charge in [-0.15, -0.1) is 15.3 Å². The van der Waals surface area contributed by atoms with E-state index in [0.717, 1.165) is 48.9 Å². The fourth-order valence-corrected chi connectivity index (χ4v) is 3.69. The molecule has 6 nitrogen and oxygen atoms in total. The quantitative estimate of drug-likeness (QED) is 0.685. The van der Waals surface area contributed by atoms with E-state index >= 15 is 0 Å². The standard InChI is InChI=1S/C18H18Cl2N6/c1-13(11-14-15(19)3-2-4-16(14)20)24-7-9-25(10-8-24)18-6-5-17-22-21-12-26(17)23-18/h2-6,12H,1,7-11H2. The summed E-state index contributed by atoms with van der Waals surface area (Å²) < 4.78 is 1.69. The molecular formula is C18H18Cl2N6. The highest BCUT2D eigenvalue weighted by molar-refractivity contribution is 6.36. The molecule has 0 amide bonds. The molecule has 1 aliphatic heterocycles. The Labute approximate surface area is 161 Å². The number of hydrogen-bond acceptors (Lipinski definition) is 5. The molecule has 2 aromatic heterocycles. The fourth-order valence-electron chi connectivity index (χ4n) is 3.16. The molecule has 8 heteroatoms. The summed E-state index contributed by atoms with van der Waals surface area (Å²) in [6.45, 7) is 7.74. The van der Waals surface area contributed by atoms with Crippen LogP contribution in [0.15, 0.2) is 48.9 Å². The summed E-state index contributed by atoms with van der Waals surface area (Å²) in [5, 5.41) is 13.8. The lowest BCUT2D eigenvalue weighted by atomic mass is 10.1. The lowest BCUT2D eigenvalue weighted by molar-refractivity contribution is 0.315. The van der Waals surface area contributed by atoms with Crippen LogP contribution in [0.1, 0.15) is 5.56 Å². The van der Waals surface area contributed by atoms with Gasteiger partial charge in [-0.1, -0.05) is 35.8 Å².